The summed E-state index contributed by atoms with van der Waals surface area (Å²) in [4.78, 5) is 10.2. The summed E-state index contributed by atoms with van der Waals surface area (Å²) in [6, 6.07) is 4.05. The van der Waals surface area contributed by atoms with Gasteiger partial charge in [0.25, 0.3) is 0 Å². The summed E-state index contributed by atoms with van der Waals surface area (Å²) in [6.45, 7) is 6.30. The highest BCUT2D eigenvalue weighted by atomic mass is 16.5. The molecule has 0 amide bonds. The Bertz CT molecular complexity index is 419. The first-order valence-electron chi connectivity index (χ1n) is 5.11. The van der Waals surface area contributed by atoms with E-state index in [2.05, 4.69) is 6.07 Å². The number of carboxylic acid groups (broad SMARTS) is 1. The average Bonchev–Trinajstić information content (AvgIpc) is 2.19. The van der Waals surface area contributed by atoms with Gasteiger partial charge < -0.3 is 9.84 Å². The molecule has 1 rings (SSSR count). The van der Waals surface area contributed by atoms with E-state index in [1.54, 1.807) is 0 Å². The first-order chi connectivity index (χ1) is 7.50. The number of aryl methyl sites for hydroxylation is 2. The second kappa shape index (κ2) is 5.35. The lowest BCUT2D eigenvalue weighted by Crippen LogP contribution is -1.98. The molecule has 3 heteroatoms. The van der Waals surface area contributed by atoms with Crippen LogP contribution in [-0.2, 0) is 4.79 Å². The quantitative estimate of drug-likeness (QED) is 0.793. The van der Waals surface area contributed by atoms with Crippen molar-refractivity contribution in [3.63, 3.8) is 0 Å². The van der Waals surface area contributed by atoms with E-state index in [-0.39, 0.29) is 6.61 Å². The van der Waals surface area contributed by atoms with Crippen molar-refractivity contribution in [2.24, 2.45) is 0 Å². The van der Waals surface area contributed by atoms with Crippen LogP contribution in [0.3, 0.4) is 0 Å². The third kappa shape index (κ3) is 3.42. The van der Waals surface area contributed by atoms with Gasteiger partial charge in [0.15, 0.2) is 0 Å². The number of aliphatic carboxylic acids is 1. The minimum Gasteiger partial charge on any atom is -0.489 e. The molecule has 1 aromatic carbocycles. The molecule has 1 aromatic rings. The second-order valence-electron chi connectivity index (χ2n) is 3.76. The van der Waals surface area contributed by atoms with Gasteiger partial charge in [-0.05, 0) is 49.6 Å². The highest BCUT2D eigenvalue weighted by molar-refractivity contribution is 5.79. The van der Waals surface area contributed by atoms with Crippen LogP contribution in [0, 0.1) is 20.8 Å². The minimum atomic E-state index is -0.958. The molecule has 86 valence electrons. The van der Waals surface area contributed by atoms with E-state index < -0.39 is 5.97 Å². The van der Waals surface area contributed by atoms with Crippen LogP contribution in [0.2, 0.25) is 0 Å². The van der Waals surface area contributed by atoms with Crippen molar-refractivity contribution in [2.75, 3.05) is 6.61 Å². The van der Waals surface area contributed by atoms with Gasteiger partial charge in [-0.2, -0.15) is 0 Å². The van der Waals surface area contributed by atoms with Crippen LogP contribution in [0.5, 0.6) is 5.75 Å². The number of ether oxygens (including phenoxy) is 1. The Kier molecular flexibility index (Phi) is 4.11. The molecule has 0 heterocycles. The molecule has 0 radical (unpaired) electrons. The normalized spacial score (nSPS) is 10.7. The fraction of sp³-hybridized carbons (Fsp3) is 0.308. The predicted molar refractivity (Wildman–Crippen MR) is 62.9 cm³/mol. The summed E-state index contributed by atoms with van der Waals surface area (Å²) >= 11 is 0. The van der Waals surface area contributed by atoms with Crippen molar-refractivity contribution in [1.29, 1.82) is 0 Å². The van der Waals surface area contributed by atoms with E-state index in [0.29, 0.717) is 0 Å². The van der Waals surface area contributed by atoms with Gasteiger partial charge in [-0.3, -0.25) is 0 Å². The van der Waals surface area contributed by atoms with E-state index in [0.717, 1.165) is 23.0 Å². The Morgan fingerprint density at radius 1 is 1.38 bits per heavy atom. The molecule has 0 aliphatic heterocycles. The third-order valence-electron chi connectivity index (χ3n) is 2.36. The van der Waals surface area contributed by atoms with Gasteiger partial charge in [0.1, 0.15) is 12.4 Å². The van der Waals surface area contributed by atoms with Gasteiger partial charge in [-0.1, -0.05) is 6.07 Å². The van der Waals surface area contributed by atoms with Gasteiger partial charge in [0, 0.05) is 6.08 Å². The zero-order chi connectivity index (χ0) is 12.1. The van der Waals surface area contributed by atoms with E-state index in [1.165, 1.54) is 11.6 Å². The molecular formula is C13H16O3. The Morgan fingerprint density at radius 2 is 2.06 bits per heavy atom. The number of carbonyl (C=O) groups is 1. The van der Waals surface area contributed by atoms with Crippen LogP contribution in [0.25, 0.3) is 0 Å². The maximum Gasteiger partial charge on any atom is 0.328 e. The monoisotopic (exact) mass is 220 g/mol. The summed E-state index contributed by atoms with van der Waals surface area (Å²) in [5.41, 5.74) is 3.41. The topological polar surface area (TPSA) is 46.5 Å². The first-order valence-corrected chi connectivity index (χ1v) is 5.11. The van der Waals surface area contributed by atoms with Crippen molar-refractivity contribution in [1.82, 2.24) is 0 Å². The summed E-state index contributed by atoms with van der Waals surface area (Å²) in [6.07, 6.45) is 2.57. The van der Waals surface area contributed by atoms with Crippen LogP contribution in [-0.4, -0.2) is 17.7 Å². The zero-order valence-electron chi connectivity index (χ0n) is 9.78. The van der Waals surface area contributed by atoms with Gasteiger partial charge >= 0.3 is 5.97 Å². The standard InChI is InChI=1S/C13H16O3/c1-9-7-10(2)11(3)12(8-9)16-6-4-5-13(14)15/h4-5,7-8H,6H2,1-3H3,(H,14,15). The molecule has 0 unspecified atom stereocenters. The molecule has 0 aliphatic rings. The van der Waals surface area contributed by atoms with Crippen molar-refractivity contribution in [2.45, 2.75) is 20.8 Å². The lowest BCUT2D eigenvalue weighted by atomic mass is 10.1. The van der Waals surface area contributed by atoms with Gasteiger partial charge in [-0.25, -0.2) is 4.79 Å². The summed E-state index contributed by atoms with van der Waals surface area (Å²) < 4.78 is 5.50. The predicted octanol–water partition coefficient (Wildman–Crippen LogP) is 2.63. The van der Waals surface area contributed by atoms with Crippen LogP contribution in [0.1, 0.15) is 16.7 Å². The summed E-state index contributed by atoms with van der Waals surface area (Å²) in [5.74, 6) is -0.145. The molecule has 1 N–H and O–H groups in total. The summed E-state index contributed by atoms with van der Waals surface area (Å²) in [5, 5.41) is 8.41. The highest BCUT2D eigenvalue weighted by Gasteiger charge is 2.02. The second-order valence-corrected chi connectivity index (χ2v) is 3.76. The highest BCUT2D eigenvalue weighted by Crippen LogP contribution is 2.23. The smallest absolute Gasteiger partial charge is 0.328 e. The van der Waals surface area contributed by atoms with E-state index in [4.69, 9.17) is 9.84 Å². The number of carboxylic acids is 1. The molecule has 0 saturated heterocycles. The molecule has 0 fully saturated rings. The first kappa shape index (κ1) is 12.3. The van der Waals surface area contributed by atoms with Gasteiger partial charge in [0.05, 0.1) is 0 Å². The molecule has 0 bridgehead atoms. The van der Waals surface area contributed by atoms with Gasteiger partial charge in [-0.15, -0.1) is 0 Å². The molecule has 0 spiro atoms. The Labute approximate surface area is 95.4 Å². The Balaban J connectivity index is 2.70. The van der Waals surface area contributed by atoms with E-state index in [1.807, 2.05) is 26.8 Å². The van der Waals surface area contributed by atoms with Crippen LogP contribution in [0.4, 0.5) is 0 Å². The molecule has 0 atom stereocenters. The van der Waals surface area contributed by atoms with Crippen molar-refractivity contribution >= 4 is 5.97 Å². The largest absolute Gasteiger partial charge is 0.489 e. The Hall–Kier alpha value is -1.77. The number of hydrogen-bond acceptors (Lipinski definition) is 2. The Morgan fingerprint density at radius 3 is 2.69 bits per heavy atom. The van der Waals surface area contributed by atoms with Crippen molar-refractivity contribution < 1.29 is 14.6 Å². The third-order valence-corrected chi connectivity index (χ3v) is 2.36. The van der Waals surface area contributed by atoms with Crippen LogP contribution in [0.15, 0.2) is 24.3 Å². The maximum atomic E-state index is 10.2. The number of hydrogen-bond donors (Lipinski definition) is 1. The van der Waals surface area contributed by atoms with E-state index >= 15 is 0 Å². The molecule has 0 aliphatic carbocycles. The van der Waals surface area contributed by atoms with E-state index in [9.17, 15) is 4.79 Å². The fourth-order valence-corrected chi connectivity index (χ4v) is 1.44. The number of rotatable bonds is 4. The van der Waals surface area contributed by atoms with Crippen molar-refractivity contribution in [3.05, 3.63) is 41.0 Å². The lowest BCUT2D eigenvalue weighted by molar-refractivity contribution is -0.131. The molecule has 0 aromatic heterocycles. The molecule has 16 heavy (non-hydrogen) atoms. The molecular weight excluding hydrogens is 204 g/mol. The maximum absolute atomic E-state index is 10.2. The van der Waals surface area contributed by atoms with Gasteiger partial charge in [0.2, 0.25) is 0 Å². The minimum absolute atomic E-state index is 0.274. The van der Waals surface area contributed by atoms with Crippen molar-refractivity contribution in [3.8, 4) is 5.75 Å². The van der Waals surface area contributed by atoms with Crippen LogP contribution >= 0.6 is 0 Å². The zero-order valence-corrected chi connectivity index (χ0v) is 9.78. The SMILES string of the molecule is Cc1cc(C)c(C)c(OCC=CC(=O)O)c1. The average molecular weight is 220 g/mol. The van der Waals surface area contributed by atoms with Crippen LogP contribution < -0.4 is 4.74 Å². The molecule has 0 saturated carbocycles. The fourth-order valence-electron chi connectivity index (χ4n) is 1.44. The lowest BCUT2D eigenvalue weighted by Gasteiger charge is -2.10. The summed E-state index contributed by atoms with van der Waals surface area (Å²) in [7, 11) is 0. The molecule has 3 nitrogen and oxygen atoms in total. The number of benzene rings is 1.